The fraction of sp³-hybridized carbons (Fsp3) is 0.389. The van der Waals surface area contributed by atoms with Crippen LogP contribution < -0.4 is 5.14 Å². The van der Waals surface area contributed by atoms with Crippen LogP contribution in [0.5, 0.6) is 0 Å². The number of hydrogen-bond acceptors (Lipinski definition) is 7. The molecule has 0 aliphatic heterocycles. The molecule has 1 aromatic carbocycles. The van der Waals surface area contributed by atoms with Crippen LogP contribution in [-0.2, 0) is 10.0 Å². The van der Waals surface area contributed by atoms with Crippen LogP contribution in [0, 0.1) is 10.1 Å². The predicted octanol–water partition coefficient (Wildman–Crippen LogP) is 1.93. The van der Waals surface area contributed by atoms with Crippen LogP contribution >= 0.6 is 11.8 Å². The number of rotatable bonds is 9. The third kappa shape index (κ3) is 6.86. The highest BCUT2D eigenvalue weighted by molar-refractivity contribution is 7.99. The number of hydrogen-bond donors (Lipinski definition) is 1. The maximum atomic E-state index is 11.5. The first kappa shape index (κ1) is 22.3. The maximum Gasteiger partial charge on any atom is 0.292 e. The Balaban J connectivity index is 2.24. The molecule has 0 saturated carbocycles. The summed E-state index contributed by atoms with van der Waals surface area (Å²) >= 11 is 1.63. The van der Waals surface area contributed by atoms with Gasteiger partial charge in [0.25, 0.3) is 5.70 Å². The van der Waals surface area contributed by atoms with E-state index in [-0.39, 0.29) is 17.5 Å². The minimum absolute atomic E-state index is 0.165. The molecule has 1 unspecified atom stereocenters. The van der Waals surface area contributed by atoms with Gasteiger partial charge in [-0.05, 0) is 45.3 Å². The molecule has 0 aromatic heterocycles. The quantitative estimate of drug-likeness (QED) is 0.367. The molecule has 152 valence electrons. The van der Waals surface area contributed by atoms with Gasteiger partial charge in [-0.1, -0.05) is 24.3 Å². The van der Waals surface area contributed by atoms with Gasteiger partial charge in [0, 0.05) is 16.7 Å². The van der Waals surface area contributed by atoms with Crippen molar-refractivity contribution in [2.75, 3.05) is 26.4 Å². The van der Waals surface area contributed by atoms with Crippen LogP contribution in [0.4, 0.5) is 0 Å². The Labute approximate surface area is 169 Å². The summed E-state index contributed by atoms with van der Waals surface area (Å²) in [5.41, 5.74) is -0.164. The van der Waals surface area contributed by atoms with Crippen molar-refractivity contribution in [2.24, 2.45) is 10.1 Å². The van der Waals surface area contributed by atoms with E-state index in [4.69, 9.17) is 5.14 Å². The molecule has 10 heteroatoms. The number of allylic oxidation sites excluding steroid dienone is 1. The van der Waals surface area contributed by atoms with Gasteiger partial charge in [-0.15, -0.1) is 11.8 Å². The number of nitro groups is 1. The molecule has 0 spiro atoms. The van der Waals surface area contributed by atoms with Gasteiger partial charge in [0.05, 0.1) is 11.0 Å². The standard InChI is InChI=1S/C18H24N4O4S2/c1-21(2)11-10-14(13-27-15-6-4-3-5-7-15)20-17-9-8-16(28(19,25)26)12-18(17)22(23)24/h3-9,12,14,16H,10-11,13H2,1-2H3,(H2,19,25,26)/t14-,16?/m1/s1. The average Bonchev–Trinajstić information content (AvgIpc) is 2.63. The highest BCUT2D eigenvalue weighted by atomic mass is 32.2. The van der Waals surface area contributed by atoms with Crippen molar-refractivity contribution < 1.29 is 13.3 Å². The van der Waals surface area contributed by atoms with Gasteiger partial charge < -0.3 is 4.90 Å². The first-order chi connectivity index (χ1) is 13.2. The topological polar surface area (TPSA) is 119 Å². The van der Waals surface area contributed by atoms with Gasteiger partial charge in [-0.3, -0.25) is 15.1 Å². The fourth-order valence-electron chi connectivity index (χ4n) is 2.53. The average molecular weight is 425 g/mol. The Morgan fingerprint density at radius 3 is 2.57 bits per heavy atom. The summed E-state index contributed by atoms with van der Waals surface area (Å²) in [6, 6.07) is 9.68. The van der Waals surface area contributed by atoms with E-state index in [2.05, 4.69) is 4.99 Å². The molecule has 0 heterocycles. The van der Waals surface area contributed by atoms with E-state index in [0.717, 1.165) is 17.5 Å². The van der Waals surface area contributed by atoms with E-state index >= 15 is 0 Å². The lowest BCUT2D eigenvalue weighted by Gasteiger charge is -2.18. The van der Waals surface area contributed by atoms with Crippen molar-refractivity contribution in [2.45, 2.75) is 22.6 Å². The SMILES string of the molecule is CN(C)CC[C@H](CSc1ccccc1)N=C1C=CC(S(N)(=O)=O)C=C1[N+](=O)[O-]. The van der Waals surface area contributed by atoms with Crippen LogP contribution in [0.2, 0.25) is 0 Å². The number of aliphatic imine (C=N–C) groups is 1. The monoisotopic (exact) mass is 424 g/mol. The van der Waals surface area contributed by atoms with Crippen molar-refractivity contribution in [3.8, 4) is 0 Å². The highest BCUT2D eigenvalue weighted by Crippen LogP contribution is 2.22. The van der Waals surface area contributed by atoms with Crippen molar-refractivity contribution >= 4 is 27.5 Å². The lowest BCUT2D eigenvalue weighted by atomic mass is 10.1. The van der Waals surface area contributed by atoms with Gasteiger partial charge in [-0.2, -0.15) is 0 Å². The molecule has 2 N–H and O–H groups in total. The van der Waals surface area contributed by atoms with Crippen molar-refractivity contribution in [3.63, 3.8) is 0 Å². The number of nitrogens with zero attached hydrogens (tertiary/aromatic N) is 3. The number of sulfonamides is 1. The molecule has 0 saturated heterocycles. The normalized spacial score (nSPS) is 19.6. The second-order valence-corrected chi connectivity index (χ2v) is 9.42. The molecule has 1 aromatic rings. The smallest absolute Gasteiger partial charge is 0.292 e. The van der Waals surface area contributed by atoms with Gasteiger partial charge >= 0.3 is 0 Å². The highest BCUT2D eigenvalue weighted by Gasteiger charge is 2.29. The Morgan fingerprint density at radius 2 is 2.00 bits per heavy atom. The molecule has 0 fully saturated rings. The number of benzene rings is 1. The molecule has 1 aliphatic rings. The van der Waals surface area contributed by atoms with Crippen LogP contribution in [0.3, 0.4) is 0 Å². The van der Waals surface area contributed by atoms with E-state index in [9.17, 15) is 18.5 Å². The zero-order valence-electron chi connectivity index (χ0n) is 15.8. The Morgan fingerprint density at radius 1 is 1.32 bits per heavy atom. The molecular formula is C18H24N4O4S2. The largest absolute Gasteiger partial charge is 0.309 e. The summed E-state index contributed by atoms with van der Waals surface area (Å²) in [5, 5.41) is 15.3. The van der Waals surface area contributed by atoms with Gasteiger partial charge in [-0.25, -0.2) is 13.6 Å². The third-order valence-corrected chi connectivity index (χ3v) is 6.23. The molecule has 28 heavy (non-hydrogen) atoms. The molecule has 8 nitrogen and oxygen atoms in total. The molecule has 0 amide bonds. The first-order valence-electron chi connectivity index (χ1n) is 8.63. The second kappa shape index (κ2) is 9.97. The summed E-state index contributed by atoms with van der Waals surface area (Å²) in [4.78, 5) is 18.5. The van der Waals surface area contributed by atoms with E-state index < -0.39 is 20.2 Å². The van der Waals surface area contributed by atoms with Gasteiger partial charge in [0.2, 0.25) is 10.0 Å². The summed E-state index contributed by atoms with van der Waals surface area (Å²) in [6.45, 7) is 0.776. The summed E-state index contributed by atoms with van der Waals surface area (Å²) in [5.74, 6) is 0.652. The number of thioether (sulfide) groups is 1. The third-order valence-electron chi connectivity index (χ3n) is 4.02. The van der Waals surface area contributed by atoms with Gasteiger partial charge in [0.1, 0.15) is 11.0 Å². The Kier molecular flexibility index (Phi) is 7.93. The van der Waals surface area contributed by atoms with Crippen LogP contribution in [0.1, 0.15) is 6.42 Å². The zero-order chi connectivity index (χ0) is 20.7. The molecule has 1 aliphatic carbocycles. The Bertz CT molecular complexity index is 880. The minimum Gasteiger partial charge on any atom is -0.309 e. The van der Waals surface area contributed by atoms with E-state index in [1.165, 1.54) is 12.2 Å². The minimum atomic E-state index is -3.95. The van der Waals surface area contributed by atoms with E-state index in [0.29, 0.717) is 12.2 Å². The van der Waals surface area contributed by atoms with Crippen LogP contribution in [0.15, 0.2) is 64.1 Å². The summed E-state index contributed by atoms with van der Waals surface area (Å²) in [7, 11) is -0.0404. The lowest BCUT2D eigenvalue weighted by Crippen LogP contribution is -2.30. The first-order valence-corrected chi connectivity index (χ1v) is 11.2. The molecule has 0 radical (unpaired) electrons. The summed E-state index contributed by atoms with van der Waals surface area (Å²) < 4.78 is 23.1. The van der Waals surface area contributed by atoms with E-state index in [1.807, 2.05) is 49.3 Å². The number of nitrogens with two attached hydrogens (primary N) is 1. The zero-order valence-corrected chi connectivity index (χ0v) is 17.4. The molecular weight excluding hydrogens is 400 g/mol. The molecule has 2 rings (SSSR count). The lowest BCUT2D eigenvalue weighted by molar-refractivity contribution is -0.415. The maximum absolute atomic E-state index is 11.5. The molecule has 0 bridgehead atoms. The van der Waals surface area contributed by atoms with Crippen molar-refractivity contribution in [1.29, 1.82) is 0 Å². The number of primary sulfonamides is 1. The molecule has 2 atom stereocenters. The van der Waals surface area contributed by atoms with Crippen LogP contribution in [-0.4, -0.2) is 61.6 Å². The van der Waals surface area contributed by atoms with Crippen molar-refractivity contribution in [3.05, 3.63) is 64.4 Å². The summed E-state index contributed by atoms with van der Waals surface area (Å²) in [6.07, 6.45) is 4.47. The van der Waals surface area contributed by atoms with E-state index in [1.54, 1.807) is 11.8 Å². The second-order valence-electron chi connectivity index (χ2n) is 6.61. The fourth-order valence-corrected chi connectivity index (χ4v) is 4.13. The van der Waals surface area contributed by atoms with Crippen molar-refractivity contribution in [1.82, 2.24) is 4.90 Å². The Hall–Kier alpha value is -2.01. The van der Waals surface area contributed by atoms with Gasteiger partial charge in [0.15, 0.2) is 0 Å². The van der Waals surface area contributed by atoms with Crippen LogP contribution in [0.25, 0.3) is 0 Å². The predicted molar refractivity (Wildman–Crippen MR) is 113 cm³/mol.